The number of carbonyl (C=O) groups is 1. The van der Waals surface area contributed by atoms with Crippen LogP contribution in [0, 0.1) is 0 Å². The summed E-state index contributed by atoms with van der Waals surface area (Å²) in [5.74, 6) is 0.773. The molecule has 1 aliphatic heterocycles. The molecule has 2 aromatic carbocycles. The third kappa shape index (κ3) is 3.70. The highest BCUT2D eigenvalue weighted by Gasteiger charge is 2.35. The molecule has 156 valence electrons. The van der Waals surface area contributed by atoms with Crippen LogP contribution in [0.4, 0.5) is 5.69 Å². The maximum atomic E-state index is 10.7. The minimum absolute atomic E-state index is 0.0932. The van der Waals surface area contributed by atoms with Gasteiger partial charge in [-0.1, -0.05) is 54.2 Å². The fourth-order valence-corrected chi connectivity index (χ4v) is 4.48. The third-order valence-corrected chi connectivity index (χ3v) is 6.25. The van der Waals surface area contributed by atoms with E-state index < -0.39 is 5.97 Å². The van der Waals surface area contributed by atoms with Crippen LogP contribution in [-0.4, -0.2) is 32.0 Å². The Morgan fingerprint density at radius 3 is 2.74 bits per heavy atom. The van der Waals surface area contributed by atoms with E-state index in [0.29, 0.717) is 16.7 Å². The average molecular weight is 433 g/mol. The highest BCUT2D eigenvalue weighted by atomic mass is 32.2. The van der Waals surface area contributed by atoms with Crippen molar-refractivity contribution in [3.8, 4) is 22.9 Å². The molecular formula is C23H20N4O3S. The Labute approximate surface area is 182 Å². The number of anilines is 1. The molecule has 3 heterocycles. The quantitative estimate of drug-likeness (QED) is 0.376. The topological polar surface area (TPSA) is 104 Å². The number of thioether (sulfide) groups is 1. The fraction of sp³-hybridized carbons (Fsp3) is 0.174. The molecule has 0 aliphatic carbocycles. The van der Waals surface area contributed by atoms with Crippen molar-refractivity contribution in [2.45, 2.75) is 24.0 Å². The summed E-state index contributed by atoms with van der Waals surface area (Å²) in [6.45, 7) is 2.21. The van der Waals surface area contributed by atoms with E-state index in [-0.39, 0.29) is 11.3 Å². The van der Waals surface area contributed by atoms with E-state index in [1.54, 1.807) is 0 Å². The van der Waals surface area contributed by atoms with Crippen LogP contribution in [0.2, 0.25) is 0 Å². The van der Waals surface area contributed by atoms with E-state index in [2.05, 4.69) is 63.8 Å². The van der Waals surface area contributed by atoms with E-state index in [4.69, 9.17) is 9.52 Å². The molecule has 0 saturated carbocycles. The first-order chi connectivity index (χ1) is 15.0. The van der Waals surface area contributed by atoms with Gasteiger partial charge in [0.2, 0.25) is 5.16 Å². The lowest BCUT2D eigenvalue weighted by atomic mass is 9.88. The minimum atomic E-state index is -0.911. The Morgan fingerprint density at radius 2 is 1.94 bits per heavy atom. The number of furan rings is 1. The van der Waals surface area contributed by atoms with Gasteiger partial charge < -0.3 is 14.8 Å². The predicted octanol–water partition coefficient (Wildman–Crippen LogP) is 4.79. The first-order valence-corrected chi connectivity index (χ1v) is 10.8. The largest absolute Gasteiger partial charge is 0.481 e. The lowest BCUT2D eigenvalue weighted by Gasteiger charge is -2.25. The van der Waals surface area contributed by atoms with Crippen molar-refractivity contribution in [3.05, 3.63) is 71.8 Å². The summed E-state index contributed by atoms with van der Waals surface area (Å²) in [7, 11) is 0. The van der Waals surface area contributed by atoms with Gasteiger partial charge in [0.1, 0.15) is 5.76 Å². The van der Waals surface area contributed by atoms with Crippen molar-refractivity contribution in [1.82, 2.24) is 15.2 Å². The second-order valence-electron chi connectivity index (χ2n) is 7.64. The molecule has 1 atom stereocenters. The van der Waals surface area contributed by atoms with Crippen LogP contribution in [0.1, 0.15) is 18.1 Å². The first-order valence-electron chi connectivity index (χ1n) is 9.85. The number of nitrogens with one attached hydrogen (secondary N) is 2. The van der Waals surface area contributed by atoms with Gasteiger partial charge in [-0.2, -0.15) is 4.98 Å². The average Bonchev–Trinajstić information content (AvgIpc) is 3.50. The predicted molar refractivity (Wildman–Crippen MR) is 119 cm³/mol. The van der Waals surface area contributed by atoms with E-state index in [1.165, 1.54) is 11.1 Å². The van der Waals surface area contributed by atoms with Crippen molar-refractivity contribution < 1.29 is 14.3 Å². The molecule has 1 aliphatic rings. The highest BCUT2D eigenvalue weighted by Crippen LogP contribution is 2.44. The smallest absolute Gasteiger partial charge is 0.313 e. The lowest BCUT2D eigenvalue weighted by Crippen LogP contribution is -2.28. The molecular weight excluding hydrogens is 412 g/mol. The van der Waals surface area contributed by atoms with Crippen molar-refractivity contribution in [1.29, 1.82) is 0 Å². The number of hydrogen-bond acceptors (Lipinski definition) is 6. The summed E-state index contributed by atoms with van der Waals surface area (Å²) in [4.78, 5) is 15.1. The Balaban J connectivity index is 1.42. The van der Waals surface area contributed by atoms with Crippen molar-refractivity contribution in [3.63, 3.8) is 0 Å². The lowest BCUT2D eigenvalue weighted by molar-refractivity contribution is -0.133. The van der Waals surface area contributed by atoms with Crippen LogP contribution < -0.4 is 5.32 Å². The molecule has 8 heteroatoms. The SMILES string of the molecule is CC1(c2ccccc2)Cc2c(cccc2-c2ccc(-c3nc(SCC(=O)O)n[nH]3)o2)N1. The summed E-state index contributed by atoms with van der Waals surface area (Å²) in [5, 5.41) is 19.7. The summed E-state index contributed by atoms with van der Waals surface area (Å²) >= 11 is 1.06. The second kappa shape index (κ2) is 7.63. The molecule has 0 radical (unpaired) electrons. The molecule has 3 N–H and O–H groups in total. The zero-order valence-electron chi connectivity index (χ0n) is 16.8. The van der Waals surface area contributed by atoms with Crippen LogP contribution in [0.25, 0.3) is 22.9 Å². The normalized spacial score (nSPS) is 17.3. The molecule has 31 heavy (non-hydrogen) atoms. The Morgan fingerprint density at radius 1 is 1.13 bits per heavy atom. The van der Waals surface area contributed by atoms with Crippen LogP contribution in [0.3, 0.4) is 0 Å². The number of benzene rings is 2. The maximum Gasteiger partial charge on any atom is 0.313 e. The van der Waals surface area contributed by atoms with Gasteiger partial charge in [-0.15, -0.1) is 5.10 Å². The summed E-state index contributed by atoms with van der Waals surface area (Å²) in [5.41, 5.74) is 4.41. The Hall–Kier alpha value is -3.52. The molecule has 2 aromatic heterocycles. The van der Waals surface area contributed by atoms with E-state index >= 15 is 0 Å². The monoisotopic (exact) mass is 432 g/mol. The maximum absolute atomic E-state index is 10.7. The number of carboxylic acids is 1. The minimum Gasteiger partial charge on any atom is -0.481 e. The van der Waals surface area contributed by atoms with Gasteiger partial charge in [0, 0.05) is 17.7 Å². The van der Waals surface area contributed by atoms with Crippen molar-refractivity contribution in [2.75, 3.05) is 11.1 Å². The summed E-state index contributed by atoms with van der Waals surface area (Å²) < 4.78 is 6.11. The highest BCUT2D eigenvalue weighted by molar-refractivity contribution is 7.99. The number of nitrogens with zero attached hydrogens (tertiary/aromatic N) is 2. The third-order valence-electron chi connectivity index (χ3n) is 5.42. The van der Waals surface area contributed by atoms with Crippen LogP contribution in [0.15, 0.2) is 70.2 Å². The number of aromatic amines is 1. The van der Waals surface area contributed by atoms with E-state index in [0.717, 1.165) is 35.2 Å². The number of rotatable bonds is 6. The molecule has 0 amide bonds. The van der Waals surface area contributed by atoms with Crippen LogP contribution in [-0.2, 0) is 16.8 Å². The van der Waals surface area contributed by atoms with Gasteiger partial charge in [0.05, 0.1) is 11.3 Å². The molecule has 0 spiro atoms. The van der Waals surface area contributed by atoms with Crippen LogP contribution >= 0.6 is 11.8 Å². The zero-order valence-corrected chi connectivity index (χ0v) is 17.6. The number of H-pyrrole nitrogens is 1. The van der Waals surface area contributed by atoms with Gasteiger partial charge in [-0.25, -0.2) is 0 Å². The standard InChI is InChI=1S/C23H20N4O3S/c1-23(14-6-3-2-4-7-14)12-16-15(8-5-9-17(16)25-23)18-10-11-19(30-18)21-24-22(27-26-21)31-13-20(28)29/h2-11,25H,12-13H2,1H3,(H,28,29)(H,24,26,27). The number of fused-ring (bicyclic) bond motifs is 1. The Bertz CT molecular complexity index is 1250. The Kier molecular flexibility index (Phi) is 4.78. The molecule has 0 fully saturated rings. The van der Waals surface area contributed by atoms with Gasteiger partial charge in [-0.05, 0) is 36.2 Å². The number of aromatic nitrogens is 3. The molecule has 4 aromatic rings. The van der Waals surface area contributed by atoms with E-state index in [9.17, 15) is 4.79 Å². The van der Waals surface area contributed by atoms with Gasteiger partial charge >= 0.3 is 5.97 Å². The van der Waals surface area contributed by atoms with Crippen LogP contribution in [0.5, 0.6) is 0 Å². The van der Waals surface area contributed by atoms with Gasteiger partial charge in [0.25, 0.3) is 0 Å². The molecule has 0 saturated heterocycles. The molecule has 5 rings (SSSR count). The number of aliphatic carboxylic acids is 1. The number of carboxylic acid groups (broad SMARTS) is 1. The van der Waals surface area contributed by atoms with E-state index in [1.807, 2.05) is 24.3 Å². The summed E-state index contributed by atoms with van der Waals surface area (Å²) in [6.07, 6.45) is 0.844. The number of hydrogen-bond donors (Lipinski definition) is 3. The zero-order chi connectivity index (χ0) is 21.4. The van der Waals surface area contributed by atoms with Gasteiger partial charge in [0.15, 0.2) is 11.6 Å². The van der Waals surface area contributed by atoms with Gasteiger partial charge in [-0.3, -0.25) is 9.89 Å². The molecule has 1 unspecified atom stereocenters. The summed E-state index contributed by atoms with van der Waals surface area (Å²) in [6, 6.07) is 20.4. The van der Waals surface area contributed by atoms with Crippen molar-refractivity contribution in [2.24, 2.45) is 0 Å². The fourth-order valence-electron chi connectivity index (χ4n) is 3.96. The first kappa shape index (κ1) is 19.4. The molecule has 7 nitrogen and oxygen atoms in total. The molecule has 0 bridgehead atoms. The second-order valence-corrected chi connectivity index (χ2v) is 8.59. The van der Waals surface area contributed by atoms with Crippen molar-refractivity contribution >= 4 is 23.4 Å².